The van der Waals surface area contributed by atoms with E-state index < -0.39 is 0 Å². The summed E-state index contributed by atoms with van der Waals surface area (Å²) in [7, 11) is 0. The molecule has 0 saturated carbocycles. The van der Waals surface area contributed by atoms with Crippen molar-refractivity contribution in [2.24, 2.45) is 0 Å². The van der Waals surface area contributed by atoms with E-state index in [0.717, 1.165) is 13.1 Å². The SMILES string of the molecule is CCOCCN(CC)CCC(=O)Nc1ccc(Cl)cc1N. The summed E-state index contributed by atoms with van der Waals surface area (Å²) in [5, 5.41) is 3.36. The van der Waals surface area contributed by atoms with Gasteiger partial charge in [-0.3, -0.25) is 4.79 Å². The smallest absolute Gasteiger partial charge is 0.225 e. The summed E-state index contributed by atoms with van der Waals surface area (Å²) in [6.07, 6.45) is 0.419. The van der Waals surface area contributed by atoms with Crippen LogP contribution in [-0.4, -0.2) is 43.7 Å². The average Bonchev–Trinajstić information content (AvgIpc) is 2.45. The van der Waals surface area contributed by atoms with Crippen LogP contribution < -0.4 is 11.1 Å². The molecule has 0 spiro atoms. The van der Waals surface area contributed by atoms with E-state index in [1.54, 1.807) is 18.2 Å². The Balaban J connectivity index is 2.38. The van der Waals surface area contributed by atoms with Crippen molar-refractivity contribution < 1.29 is 9.53 Å². The maximum Gasteiger partial charge on any atom is 0.225 e. The summed E-state index contributed by atoms with van der Waals surface area (Å²) in [6.45, 7) is 7.87. The fraction of sp³-hybridized carbons (Fsp3) is 0.533. The average molecular weight is 314 g/mol. The van der Waals surface area contributed by atoms with Gasteiger partial charge in [-0.05, 0) is 31.7 Å². The number of nitrogens with one attached hydrogen (secondary N) is 1. The van der Waals surface area contributed by atoms with E-state index >= 15 is 0 Å². The summed E-state index contributed by atoms with van der Waals surface area (Å²) < 4.78 is 5.32. The van der Waals surface area contributed by atoms with Gasteiger partial charge in [-0.15, -0.1) is 0 Å². The maximum absolute atomic E-state index is 11.9. The van der Waals surface area contributed by atoms with Crippen LogP contribution in [0, 0.1) is 0 Å². The Kier molecular flexibility index (Phi) is 8.12. The lowest BCUT2D eigenvalue weighted by Crippen LogP contribution is -2.31. The molecule has 3 N–H and O–H groups in total. The molecule has 6 heteroatoms. The lowest BCUT2D eigenvalue weighted by atomic mass is 10.2. The van der Waals surface area contributed by atoms with Gasteiger partial charge in [-0.25, -0.2) is 0 Å². The van der Waals surface area contributed by atoms with Crippen molar-refractivity contribution in [2.45, 2.75) is 20.3 Å². The molecule has 118 valence electrons. The molecule has 0 fully saturated rings. The number of ether oxygens (including phenoxy) is 1. The highest BCUT2D eigenvalue weighted by Gasteiger charge is 2.08. The fourth-order valence-electron chi connectivity index (χ4n) is 1.89. The second-order valence-corrected chi connectivity index (χ2v) is 5.10. The van der Waals surface area contributed by atoms with Crippen molar-refractivity contribution in [1.29, 1.82) is 0 Å². The second-order valence-electron chi connectivity index (χ2n) is 4.66. The quantitative estimate of drug-likeness (QED) is 0.543. The fourth-order valence-corrected chi connectivity index (χ4v) is 2.07. The third-order valence-corrected chi connectivity index (χ3v) is 3.38. The number of hydrogen-bond acceptors (Lipinski definition) is 4. The van der Waals surface area contributed by atoms with Crippen LogP contribution in [0.3, 0.4) is 0 Å². The van der Waals surface area contributed by atoms with E-state index in [9.17, 15) is 4.79 Å². The highest BCUT2D eigenvalue weighted by molar-refractivity contribution is 6.31. The first-order chi connectivity index (χ1) is 10.1. The predicted molar refractivity (Wildman–Crippen MR) is 87.7 cm³/mol. The first-order valence-corrected chi connectivity index (χ1v) is 7.59. The third kappa shape index (κ3) is 6.80. The largest absolute Gasteiger partial charge is 0.397 e. The number of nitrogens with zero attached hydrogens (tertiary/aromatic N) is 1. The van der Waals surface area contributed by atoms with E-state index in [-0.39, 0.29) is 5.91 Å². The molecule has 1 rings (SSSR count). The number of amides is 1. The van der Waals surface area contributed by atoms with E-state index in [2.05, 4.69) is 17.1 Å². The lowest BCUT2D eigenvalue weighted by molar-refractivity contribution is -0.116. The van der Waals surface area contributed by atoms with Crippen molar-refractivity contribution in [1.82, 2.24) is 4.90 Å². The molecule has 0 unspecified atom stereocenters. The van der Waals surface area contributed by atoms with Gasteiger partial charge >= 0.3 is 0 Å². The van der Waals surface area contributed by atoms with E-state index in [0.29, 0.717) is 42.6 Å². The van der Waals surface area contributed by atoms with Crippen LogP contribution in [0.2, 0.25) is 5.02 Å². The normalized spacial score (nSPS) is 10.9. The Morgan fingerprint density at radius 1 is 1.38 bits per heavy atom. The number of carbonyl (C=O) groups excluding carboxylic acids is 1. The summed E-state index contributed by atoms with van der Waals surface area (Å²) in [4.78, 5) is 14.1. The Labute approximate surface area is 131 Å². The molecule has 0 aliphatic carbocycles. The van der Waals surface area contributed by atoms with Gasteiger partial charge in [0.25, 0.3) is 0 Å². The maximum atomic E-state index is 11.9. The van der Waals surface area contributed by atoms with Gasteiger partial charge in [0.15, 0.2) is 0 Å². The Morgan fingerprint density at radius 2 is 2.14 bits per heavy atom. The molecule has 0 atom stereocenters. The number of nitrogen functional groups attached to an aromatic ring is 1. The highest BCUT2D eigenvalue weighted by Crippen LogP contribution is 2.22. The minimum atomic E-state index is -0.0566. The van der Waals surface area contributed by atoms with Gasteiger partial charge in [-0.2, -0.15) is 0 Å². The molecular formula is C15H24ClN3O2. The minimum Gasteiger partial charge on any atom is -0.397 e. The van der Waals surface area contributed by atoms with E-state index in [1.165, 1.54) is 0 Å². The summed E-state index contributed by atoms with van der Waals surface area (Å²) >= 11 is 5.82. The monoisotopic (exact) mass is 313 g/mol. The molecule has 1 aromatic rings. The summed E-state index contributed by atoms with van der Waals surface area (Å²) in [6, 6.07) is 5.04. The molecule has 0 saturated heterocycles. The Morgan fingerprint density at radius 3 is 2.76 bits per heavy atom. The number of rotatable bonds is 9. The first-order valence-electron chi connectivity index (χ1n) is 7.21. The molecule has 1 amide bonds. The number of nitrogens with two attached hydrogens (primary N) is 1. The number of hydrogen-bond donors (Lipinski definition) is 2. The van der Waals surface area contributed by atoms with Crippen molar-refractivity contribution >= 4 is 28.9 Å². The number of benzene rings is 1. The molecule has 0 heterocycles. The van der Waals surface area contributed by atoms with Crippen LogP contribution in [0.4, 0.5) is 11.4 Å². The van der Waals surface area contributed by atoms with E-state index in [1.807, 2.05) is 6.92 Å². The molecule has 0 aliphatic rings. The second kappa shape index (κ2) is 9.60. The van der Waals surface area contributed by atoms with E-state index in [4.69, 9.17) is 22.1 Å². The molecular weight excluding hydrogens is 290 g/mol. The van der Waals surface area contributed by atoms with Crippen molar-refractivity contribution in [3.8, 4) is 0 Å². The van der Waals surface area contributed by atoms with Crippen LogP contribution in [0.5, 0.6) is 0 Å². The molecule has 0 aromatic heterocycles. The van der Waals surface area contributed by atoms with Gasteiger partial charge in [-0.1, -0.05) is 18.5 Å². The zero-order chi connectivity index (χ0) is 15.7. The topological polar surface area (TPSA) is 67.6 Å². The van der Waals surface area contributed by atoms with Gasteiger partial charge < -0.3 is 20.7 Å². The number of halogens is 1. The standard InChI is InChI=1S/C15H24ClN3O2/c1-3-19(9-10-21-4-2)8-7-15(20)18-14-6-5-12(16)11-13(14)17/h5-6,11H,3-4,7-10,17H2,1-2H3,(H,18,20). The van der Waals surface area contributed by atoms with Crippen LogP contribution in [0.15, 0.2) is 18.2 Å². The van der Waals surface area contributed by atoms with Crippen LogP contribution >= 0.6 is 11.6 Å². The Bertz CT molecular complexity index is 455. The number of carbonyl (C=O) groups is 1. The Hall–Kier alpha value is -1.30. The zero-order valence-corrected chi connectivity index (χ0v) is 13.4. The molecule has 5 nitrogen and oxygen atoms in total. The van der Waals surface area contributed by atoms with Crippen LogP contribution in [0.1, 0.15) is 20.3 Å². The molecule has 1 aromatic carbocycles. The predicted octanol–water partition coefficient (Wildman–Crippen LogP) is 2.61. The van der Waals surface area contributed by atoms with Crippen LogP contribution in [0.25, 0.3) is 0 Å². The van der Waals surface area contributed by atoms with Crippen LogP contribution in [-0.2, 0) is 9.53 Å². The molecule has 0 radical (unpaired) electrons. The highest BCUT2D eigenvalue weighted by atomic mass is 35.5. The number of anilines is 2. The van der Waals surface area contributed by atoms with Crippen molar-refractivity contribution in [3.63, 3.8) is 0 Å². The minimum absolute atomic E-state index is 0.0566. The van der Waals surface area contributed by atoms with Gasteiger partial charge in [0.2, 0.25) is 5.91 Å². The first kappa shape index (κ1) is 17.8. The lowest BCUT2D eigenvalue weighted by Gasteiger charge is -2.19. The van der Waals surface area contributed by atoms with Crippen molar-refractivity contribution in [2.75, 3.05) is 43.9 Å². The van der Waals surface area contributed by atoms with Crippen molar-refractivity contribution in [3.05, 3.63) is 23.2 Å². The van der Waals surface area contributed by atoms with Gasteiger partial charge in [0.1, 0.15) is 0 Å². The third-order valence-electron chi connectivity index (χ3n) is 3.15. The molecule has 0 aliphatic heterocycles. The summed E-state index contributed by atoms with van der Waals surface area (Å²) in [5.74, 6) is -0.0566. The van der Waals surface area contributed by atoms with Gasteiger partial charge in [0, 0.05) is 31.1 Å². The summed E-state index contributed by atoms with van der Waals surface area (Å²) in [5.41, 5.74) is 6.88. The molecule has 21 heavy (non-hydrogen) atoms. The van der Waals surface area contributed by atoms with Gasteiger partial charge in [0.05, 0.1) is 18.0 Å². The molecule has 0 bridgehead atoms. The number of likely N-dealkylation sites (N-methyl/N-ethyl adjacent to an activating group) is 1. The zero-order valence-electron chi connectivity index (χ0n) is 12.7.